The maximum absolute atomic E-state index is 12.3. The summed E-state index contributed by atoms with van der Waals surface area (Å²) in [6, 6.07) is 7.51. The number of carbonyl (C=O) groups is 1. The molecule has 5 heteroatoms. The number of nitrogens with zero attached hydrogens (tertiary/aromatic N) is 2. The number of pyridine rings is 2. The summed E-state index contributed by atoms with van der Waals surface area (Å²) in [6.07, 6.45) is 5.98. The van der Waals surface area contributed by atoms with Crippen LogP contribution >= 0.6 is 0 Å². The molecule has 5 nitrogen and oxygen atoms in total. The van der Waals surface area contributed by atoms with Crippen LogP contribution in [0.2, 0.25) is 0 Å². The highest BCUT2D eigenvalue weighted by Crippen LogP contribution is 2.27. The Hall–Kier alpha value is -2.01. The van der Waals surface area contributed by atoms with Crippen LogP contribution in [0.15, 0.2) is 30.5 Å². The third-order valence-corrected chi connectivity index (χ3v) is 4.14. The lowest BCUT2D eigenvalue weighted by molar-refractivity contribution is 0.0932. The van der Waals surface area contributed by atoms with Crippen LogP contribution in [0.5, 0.6) is 0 Å². The van der Waals surface area contributed by atoms with Crippen LogP contribution in [-0.4, -0.2) is 28.5 Å². The van der Waals surface area contributed by atoms with Crippen LogP contribution in [-0.2, 0) is 0 Å². The molecule has 0 bridgehead atoms. The molecule has 0 aromatic carbocycles. The number of amides is 1. The van der Waals surface area contributed by atoms with Gasteiger partial charge in [-0.1, -0.05) is 0 Å². The van der Waals surface area contributed by atoms with Crippen molar-refractivity contribution in [2.75, 3.05) is 6.54 Å². The van der Waals surface area contributed by atoms with E-state index in [4.69, 9.17) is 5.73 Å². The summed E-state index contributed by atoms with van der Waals surface area (Å²) < 4.78 is 0. The summed E-state index contributed by atoms with van der Waals surface area (Å²) in [6.45, 7) is 0.727. The first kappa shape index (κ1) is 13.9. The van der Waals surface area contributed by atoms with Crippen molar-refractivity contribution in [1.82, 2.24) is 15.3 Å². The Bertz CT molecular complexity index is 643. The second-order valence-electron chi connectivity index (χ2n) is 5.66. The molecule has 0 aliphatic heterocycles. The molecule has 0 saturated heterocycles. The number of aromatic nitrogens is 2. The number of rotatable bonds is 4. The van der Waals surface area contributed by atoms with Crippen molar-refractivity contribution in [2.24, 2.45) is 11.7 Å². The highest BCUT2D eigenvalue weighted by molar-refractivity contribution is 5.94. The molecule has 2 aromatic rings. The molecule has 0 radical (unpaired) electrons. The van der Waals surface area contributed by atoms with Gasteiger partial charge in [0.15, 0.2) is 0 Å². The van der Waals surface area contributed by atoms with Crippen LogP contribution in [0.4, 0.5) is 0 Å². The van der Waals surface area contributed by atoms with E-state index in [1.54, 1.807) is 12.3 Å². The van der Waals surface area contributed by atoms with Gasteiger partial charge in [0, 0.05) is 12.2 Å². The molecule has 1 saturated carbocycles. The van der Waals surface area contributed by atoms with E-state index in [2.05, 4.69) is 15.3 Å². The summed E-state index contributed by atoms with van der Waals surface area (Å²) in [5.41, 5.74) is 7.60. The van der Waals surface area contributed by atoms with Crippen LogP contribution in [0, 0.1) is 5.92 Å². The predicted molar refractivity (Wildman–Crippen MR) is 81.8 cm³/mol. The molecule has 2 aromatic heterocycles. The van der Waals surface area contributed by atoms with Gasteiger partial charge < -0.3 is 11.1 Å². The summed E-state index contributed by atoms with van der Waals surface area (Å²) in [7, 11) is 0. The van der Waals surface area contributed by atoms with E-state index < -0.39 is 0 Å². The summed E-state index contributed by atoms with van der Waals surface area (Å²) >= 11 is 0. The Labute approximate surface area is 124 Å². The number of nitrogens with two attached hydrogens (primary N) is 1. The molecule has 0 spiro atoms. The fourth-order valence-corrected chi connectivity index (χ4v) is 3.05. The predicted octanol–water partition coefficient (Wildman–Crippen LogP) is 1.88. The van der Waals surface area contributed by atoms with E-state index in [0.717, 1.165) is 43.3 Å². The van der Waals surface area contributed by atoms with Crippen molar-refractivity contribution in [1.29, 1.82) is 0 Å². The standard InChI is InChI=1S/C16H20N4O/c17-8-7-11-3-4-12(10-11)19-16(21)15-6-5-13-14(20-15)2-1-9-18-13/h1-2,5-6,9,11-12H,3-4,7-8,10,17H2,(H,19,21). The van der Waals surface area contributed by atoms with Gasteiger partial charge in [-0.3, -0.25) is 9.78 Å². The van der Waals surface area contributed by atoms with Crippen LogP contribution < -0.4 is 11.1 Å². The van der Waals surface area contributed by atoms with E-state index in [1.165, 1.54) is 0 Å². The number of hydrogen-bond acceptors (Lipinski definition) is 4. The van der Waals surface area contributed by atoms with Gasteiger partial charge in [-0.15, -0.1) is 0 Å². The van der Waals surface area contributed by atoms with Crippen molar-refractivity contribution in [3.63, 3.8) is 0 Å². The average molecular weight is 284 g/mol. The first-order chi connectivity index (χ1) is 10.3. The zero-order valence-corrected chi connectivity index (χ0v) is 12.0. The van der Waals surface area contributed by atoms with Gasteiger partial charge in [0.05, 0.1) is 11.0 Å². The van der Waals surface area contributed by atoms with Crippen molar-refractivity contribution in [2.45, 2.75) is 31.7 Å². The van der Waals surface area contributed by atoms with Gasteiger partial charge in [0.25, 0.3) is 5.91 Å². The number of carbonyl (C=O) groups excluding carboxylic acids is 1. The molecule has 2 heterocycles. The molecule has 110 valence electrons. The lowest BCUT2D eigenvalue weighted by Gasteiger charge is -2.13. The lowest BCUT2D eigenvalue weighted by atomic mass is 10.0. The number of nitrogens with one attached hydrogen (secondary N) is 1. The molecule has 2 atom stereocenters. The van der Waals surface area contributed by atoms with E-state index in [-0.39, 0.29) is 11.9 Å². The number of fused-ring (bicyclic) bond motifs is 1. The molecular weight excluding hydrogens is 264 g/mol. The van der Waals surface area contributed by atoms with Gasteiger partial charge in [-0.05, 0) is 62.4 Å². The van der Waals surface area contributed by atoms with Gasteiger partial charge in [0.2, 0.25) is 0 Å². The molecule has 1 fully saturated rings. The highest BCUT2D eigenvalue weighted by atomic mass is 16.1. The van der Waals surface area contributed by atoms with Crippen molar-refractivity contribution >= 4 is 16.9 Å². The minimum absolute atomic E-state index is 0.0980. The monoisotopic (exact) mass is 284 g/mol. The highest BCUT2D eigenvalue weighted by Gasteiger charge is 2.25. The molecule has 1 aliphatic carbocycles. The van der Waals surface area contributed by atoms with Gasteiger partial charge in [-0.25, -0.2) is 4.98 Å². The molecule has 1 aliphatic rings. The third-order valence-electron chi connectivity index (χ3n) is 4.14. The van der Waals surface area contributed by atoms with Gasteiger partial charge in [-0.2, -0.15) is 0 Å². The largest absolute Gasteiger partial charge is 0.348 e. The zero-order chi connectivity index (χ0) is 14.7. The fourth-order valence-electron chi connectivity index (χ4n) is 3.05. The van der Waals surface area contributed by atoms with Crippen LogP contribution in [0.1, 0.15) is 36.2 Å². The summed E-state index contributed by atoms with van der Waals surface area (Å²) in [4.78, 5) is 20.9. The molecule has 1 amide bonds. The first-order valence-corrected chi connectivity index (χ1v) is 7.49. The van der Waals surface area contributed by atoms with Gasteiger partial charge >= 0.3 is 0 Å². The van der Waals surface area contributed by atoms with Crippen LogP contribution in [0.3, 0.4) is 0 Å². The maximum Gasteiger partial charge on any atom is 0.270 e. The van der Waals surface area contributed by atoms with E-state index in [9.17, 15) is 4.79 Å². The molecule has 2 unspecified atom stereocenters. The minimum Gasteiger partial charge on any atom is -0.348 e. The first-order valence-electron chi connectivity index (χ1n) is 7.49. The maximum atomic E-state index is 12.3. The molecule has 3 rings (SSSR count). The van der Waals surface area contributed by atoms with Crippen molar-refractivity contribution in [3.8, 4) is 0 Å². The summed E-state index contributed by atoms with van der Waals surface area (Å²) in [5.74, 6) is 0.549. The molecule has 21 heavy (non-hydrogen) atoms. The van der Waals surface area contributed by atoms with E-state index in [0.29, 0.717) is 11.6 Å². The Morgan fingerprint density at radius 1 is 1.29 bits per heavy atom. The van der Waals surface area contributed by atoms with Crippen molar-refractivity contribution in [3.05, 3.63) is 36.2 Å². The zero-order valence-electron chi connectivity index (χ0n) is 12.0. The average Bonchev–Trinajstić information content (AvgIpc) is 2.94. The van der Waals surface area contributed by atoms with E-state index in [1.807, 2.05) is 18.2 Å². The Morgan fingerprint density at radius 2 is 2.19 bits per heavy atom. The molecular formula is C16H20N4O. The number of hydrogen-bond donors (Lipinski definition) is 2. The molecule has 3 N–H and O–H groups in total. The smallest absolute Gasteiger partial charge is 0.270 e. The normalized spacial score (nSPS) is 21.6. The quantitative estimate of drug-likeness (QED) is 0.898. The Kier molecular flexibility index (Phi) is 4.10. The lowest BCUT2D eigenvalue weighted by Crippen LogP contribution is -2.33. The summed E-state index contributed by atoms with van der Waals surface area (Å²) in [5, 5.41) is 3.09. The third kappa shape index (κ3) is 3.19. The van der Waals surface area contributed by atoms with E-state index >= 15 is 0 Å². The Morgan fingerprint density at radius 3 is 3.05 bits per heavy atom. The second kappa shape index (κ2) is 6.18. The van der Waals surface area contributed by atoms with Crippen LogP contribution in [0.25, 0.3) is 11.0 Å². The minimum atomic E-state index is -0.0980. The second-order valence-corrected chi connectivity index (χ2v) is 5.66. The van der Waals surface area contributed by atoms with Gasteiger partial charge in [0.1, 0.15) is 5.69 Å². The SMILES string of the molecule is NCCC1CCC(NC(=O)c2ccc3ncccc3n2)C1. The van der Waals surface area contributed by atoms with Crippen molar-refractivity contribution < 1.29 is 4.79 Å². The fraction of sp³-hybridized carbons (Fsp3) is 0.438. The Balaban J connectivity index is 1.67. The topological polar surface area (TPSA) is 80.9 Å².